The molecule has 0 aromatic rings. The molecule has 3 heteroatoms. The predicted octanol–water partition coefficient (Wildman–Crippen LogP) is 1.53. The third kappa shape index (κ3) is 1.84. The molecule has 0 N–H and O–H groups in total. The van der Waals surface area contributed by atoms with Gasteiger partial charge >= 0.3 is 0 Å². The molecule has 1 heterocycles. The first-order valence-corrected chi connectivity index (χ1v) is 4.26. The summed E-state index contributed by atoms with van der Waals surface area (Å²) in [4.78, 5) is 8.79. The van der Waals surface area contributed by atoms with E-state index in [-0.39, 0.29) is 6.04 Å². The molecule has 68 valence electrons. The molecular weight excluding hydrogens is 152 g/mol. The summed E-state index contributed by atoms with van der Waals surface area (Å²) in [5, 5.41) is 0. The summed E-state index contributed by atoms with van der Waals surface area (Å²) in [6.07, 6.45) is 0. The average molecular weight is 168 g/mol. The Kier molecular flexibility index (Phi) is 2.84. The van der Waals surface area contributed by atoms with Crippen molar-refractivity contribution in [3.05, 3.63) is 0 Å². The Morgan fingerprint density at radius 3 is 2.67 bits per heavy atom. The molecular formula is C9H16N2O. The van der Waals surface area contributed by atoms with Crippen LogP contribution in [-0.4, -0.2) is 31.3 Å². The Hall–Kier alpha value is -0.860. The zero-order chi connectivity index (χ0) is 9.14. The van der Waals surface area contributed by atoms with Gasteiger partial charge in [0.05, 0.1) is 13.2 Å². The molecule has 0 aromatic carbocycles. The van der Waals surface area contributed by atoms with E-state index in [1.54, 1.807) is 7.11 Å². The van der Waals surface area contributed by atoms with Crippen LogP contribution in [0.3, 0.4) is 0 Å². The molecule has 3 nitrogen and oxygen atoms in total. The van der Waals surface area contributed by atoms with Gasteiger partial charge in [0.15, 0.2) is 0 Å². The summed E-state index contributed by atoms with van der Waals surface area (Å²) in [6.45, 7) is 6.92. The molecule has 0 aliphatic carbocycles. The van der Waals surface area contributed by atoms with Crippen LogP contribution in [0, 0.1) is 5.92 Å². The summed E-state index contributed by atoms with van der Waals surface area (Å²) < 4.78 is 5.06. The van der Waals surface area contributed by atoms with Crippen molar-refractivity contribution in [3.63, 3.8) is 0 Å². The molecule has 1 rings (SSSR count). The lowest BCUT2D eigenvalue weighted by molar-refractivity contribution is 0.386. The quantitative estimate of drug-likeness (QED) is 0.584. The lowest BCUT2D eigenvalue weighted by Gasteiger charge is -2.21. The highest BCUT2D eigenvalue weighted by Crippen LogP contribution is 2.12. The minimum absolute atomic E-state index is 0.216. The van der Waals surface area contributed by atoms with E-state index < -0.39 is 0 Å². The SMILES string of the molecule is COC1=NC(C(C)C)C(C)=NC1. The molecule has 0 saturated heterocycles. The van der Waals surface area contributed by atoms with E-state index in [0.29, 0.717) is 12.5 Å². The van der Waals surface area contributed by atoms with Gasteiger partial charge in [-0.2, -0.15) is 0 Å². The van der Waals surface area contributed by atoms with Crippen molar-refractivity contribution in [1.82, 2.24) is 0 Å². The van der Waals surface area contributed by atoms with Crippen molar-refractivity contribution in [1.29, 1.82) is 0 Å². The predicted molar refractivity (Wildman–Crippen MR) is 51.0 cm³/mol. The van der Waals surface area contributed by atoms with Crippen molar-refractivity contribution in [2.24, 2.45) is 15.9 Å². The third-order valence-corrected chi connectivity index (χ3v) is 2.04. The van der Waals surface area contributed by atoms with E-state index in [1.165, 1.54) is 0 Å². The third-order valence-electron chi connectivity index (χ3n) is 2.04. The summed E-state index contributed by atoms with van der Waals surface area (Å²) >= 11 is 0. The second-order valence-electron chi connectivity index (χ2n) is 3.37. The van der Waals surface area contributed by atoms with E-state index >= 15 is 0 Å². The minimum Gasteiger partial charge on any atom is -0.483 e. The molecule has 1 aliphatic rings. The van der Waals surface area contributed by atoms with Crippen LogP contribution in [0.2, 0.25) is 0 Å². The van der Waals surface area contributed by atoms with Crippen LogP contribution in [0.5, 0.6) is 0 Å². The van der Waals surface area contributed by atoms with Gasteiger partial charge in [-0.15, -0.1) is 0 Å². The van der Waals surface area contributed by atoms with E-state index in [0.717, 1.165) is 11.6 Å². The van der Waals surface area contributed by atoms with Crippen molar-refractivity contribution < 1.29 is 4.74 Å². The Labute approximate surface area is 73.6 Å². The average Bonchev–Trinajstić information content (AvgIpc) is 2.05. The van der Waals surface area contributed by atoms with Crippen molar-refractivity contribution in [2.75, 3.05) is 13.7 Å². The van der Waals surface area contributed by atoms with Gasteiger partial charge in [-0.1, -0.05) is 13.8 Å². The molecule has 12 heavy (non-hydrogen) atoms. The molecule has 1 aliphatic heterocycles. The van der Waals surface area contributed by atoms with Gasteiger partial charge in [0.1, 0.15) is 6.54 Å². The fourth-order valence-corrected chi connectivity index (χ4v) is 1.32. The summed E-state index contributed by atoms with van der Waals surface area (Å²) in [6, 6.07) is 0.216. The lowest BCUT2D eigenvalue weighted by Crippen LogP contribution is -2.29. The zero-order valence-electron chi connectivity index (χ0n) is 8.16. The van der Waals surface area contributed by atoms with Crippen LogP contribution in [0.1, 0.15) is 20.8 Å². The van der Waals surface area contributed by atoms with Crippen LogP contribution in [0.15, 0.2) is 9.98 Å². The molecule has 0 spiro atoms. The fraction of sp³-hybridized carbons (Fsp3) is 0.778. The van der Waals surface area contributed by atoms with E-state index in [4.69, 9.17) is 4.74 Å². The first-order chi connectivity index (χ1) is 5.65. The highest BCUT2D eigenvalue weighted by molar-refractivity contribution is 5.95. The molecule has 0 saturated carbocycles. The number of rotatable bonds is 1. The van der Waals surface area contributed by atoms with Gasteiger partial charge in [-0.25, -0.2) is 4.99 Å². The second kappa shape index (κ2) is 3.70. The number of aliphatic imine (C=N–C) groups is 2. The number of hydrogen-bond acceptors (Lipinski definition) is 3. The first kappa shape index (κ1) is 9.23. The van der Waals surface area contributed by atoms with Crippen LogP contribution < -0.4 is 0 Å². The maximum atomic E-state index is 5.06. The Balaban J connectivity index is 2.75. The fourth-order valence-electron chi connectivity index (χ4n) is 1.32. The van der Waals surface area contributed by atoms with Gasteiger partial charge in [-0.3, -0.25) is 4.99 Å². The Bertz CT molecular complexity index is 219. The van der Waals surface area contributed by atoms with Crippen LogP contribution in [0.25, 0.3) is 0 Å². The number of nitrogens with zero attached hydrogens (tertiary/aromatic N) is 2. The van der Waals surface area contributed by atoms with Crippen LogP contribution in [-0.2, 0) is 4.74 Å². The van der Waals surface area contributed by atoms with Gasteiger partial charge in [0.2, 0.25) is 5.90 Å². The van der Waals surface area contributed by atoms with Gasteiger partial charge in [-0.05, 0) is 12.8 Å². The zero-order valence-corrected chi connectivity index (χ0v) is 8.16. The number of ether oxygens (including phenoxy) is 1. The monoisotopic (exact) mass is 168 g/mol. The van der Waals surface area contributed by atoms with Gasteiger partial charge < -0.3 is 4.74 Å². The second-order valence-corrected chi connectivity index (χ2v) is 3.37. The first-order valence-electron chi connectivity index (χ1n) is 4.26. The Morgan fingerprint density at radius 1 is 1.50 bits per heavy atom. The Morgan fingerprint density at radius 2 is 2.17 bits per heavy atom. The van der Waals surface area contributed by atoms with E-state index in [2.05, 4.69) is 23.8 Å². The van der Waals surface area contributed by atoms with Crippen LogP contribution in [0.4, 0.5) is 0 Å². The van der Waals surface area contributed by atoms with Crippen molar-refractivity contribution >= 4 is 11.6 Å². The largest absolute Gasteiger partial charge is 0.483 e. The molecule has 0 radical (unpaired) electrons. The van der Waals surface area contributed by atoms with Crippen LogP contribution >= 0.6 is 0 Å². The molecule has 1 atom stereocenters. The topological polar surface area (TPSA) is 34.0 Å². The number of hydrogen-bond donors (Lipinski definition) is 0. The summed E-state index contributed by atoms with van der Waals surface area (Å²) in [5.74, 6) is 1.25. The smallest absolute Gasteiger partial charge is 0.205 e. The highest BCUT2D eigenvalue weighted by atomic mass is 16.5. The molecule has 0 fully saturated rings. The van der Waals surface area contributed by atoms with Gasteiger partial charge in [0, 0.05) is 5.71 Å². The highest BCUT2D eigenvalue weighted by Gasteiger charge is 2.20. The lowest BCUT2D eigenvalue weighted by atomic mass is 10.00. The maximum absolute atomic E-state index is 5.06. The molecule has 0 amide bonds. The maximum Gasteiger partial charge on any atom is 0.205 e. The minimum atomic E-state index is 0.216. The summed E-state index contributed by atoms with van der Waals surface area (Å²) in [7, 11) is 1.65. The van der Waals surface area contributed by atoms with Crippen molar-refractivity contribution in [3.8, 4) is 0 Å². The standard InChI is InChI=1S/C9H16N2O/c1-6(2)9-7(3)10-5-8(11-9)12-4/h6,9H,5H2,1-4H3. The molecule has 1 unspecified atom stereocenters. The summed E-state index contributed by atoms with van der Waals surface area (Å²) in [5.41, 5.74) is 1.12. The number of methoxy groups -OCH3 is 1. The van der Waals surface area contributed by atoms with Gasteiger partial charge in [0.25, 0.3) is 0 Å². The van der Waals surface area contributed by atoms with Crippen molar-refractivity contribution in [2.45, 2.75) is 26.8 Å². The van der Waals surface area contributed by atoms with E-state index in [1.807, 2.05) is 6.92 Å². The van der Waals surface area contributed by atoms with E-state index in [9.17, 15) is 0 Å². The normalized spacial score (nSPS) is 23.6. The molecule has 0 bridgehead atoms. The molecule has 0 aromatic heterocycles.